The van der Waals surface area contributed by atoms with Crippen LogP contribution in [0.4, 0.5) is 0 Å². The largest absolute Gasteiger partial charge is 0.350 e. The SMILES string of the molecule is C[C@@H](NC(=O)CCn1[nH]c(=O)c2ccccc2c1=O)c1ccc2c(c1)CCCC2. The number of hydrogen-bond acceptors (Lipinski definition) is 3. The Morgan fingerprint density at radius 2 is 1.79 bits per heavy atom. The van der Waals surface area contributed by atoms with Crippen molar-refractivity contribution in [2.75, 3.05) is 0 Å². The van der Waals surface area contributed by atoms with Crippen LogP contribution in [0.3, 0.4) is 0 Å². The first-order valence-electron chi connectivity index (χ1n) is 10.2. The number of hydrogen-bond donors (Lipinski definition) is 2. The fraction of sp³-hybridized carbons (Fsp3) is 0.348. The molecule has 0 fully saturated rings. The summed E-state index contributed by atoms with van der Waals surface area (Å²) in [6, 6.07) is 13.0. The summed E-state index contributed by atoms with van der Waals surface area (Å²) in [5.41, 5.74) is 3.27. The molecular weight excluding hydrogens is 366 g/mol. The van der Waals surface area contributed by atoms with E-state index in [1.807, 2.05) is 6.92 Å². The highest BCUT2D eigenvalue weighted by atomic mass is 16.2. The van der Waals surface area contributed by atoms with Crippen molar-refractivity contribution < 1.29 is 4.79 Å². The highest BCUT2D eigenvalue weighted by molar-refractivity contribution is 5.80. The molecular formula is C23H25N3O3. The Kier molecular flexibility index (Phi) is 5.34. The van der Waals surface area contributed by atoms with Crippen LogP contribution in [0.2, 0.25) is 0 Å². The molecule has 4 rings (SSSR count). The fourth-order valence-corrected chi connectivity index (χ4v) is 4.04. The Hall–Kier alpha value is -3.15. The Balaban J connectivity index is 1.43. The second-order valence-corrected chi connectivity index (χ2v) is 7.72. The second kappa shape index (κ2) is 8.07. The number of fused-ring (bicyclic) bond motifs is 2. The minimum Gasteiger partial charge on any atom is -0.350 e. The van der Waals surface area contributed by atoms with Crippen molar-refractivity contribution in [1.82, 2.24) is 15.1 Å². The quantitative estimate of drug-likeness (QED) is 0.701. The number of aromatic nitrogens is 2. The lowest BCUT2D eigenvalue weighted by molar-refractivity contribution is -0.122. The van der Waals surface area contributed by atoms with Crippen LogP contribution < -0.4 is 16.4 Å². The van der Waals surface area contributed by atoms with Gasteiger partial charge in [0, 0.05) is 6.42 Å². The van der Waals surface area contributed by atoms with Crippen LogP contribution in [0.25, 0.3) is 10.8 Å². The number of aryl methyl sites for hydroxylation is 3. The van der Waals surface area contributed by atoms with E-state index in [4.69, 9.17) is 0 Å². The van der Waals surface area contributed by atoms with Crippen LogP contribution >= 0.6 is 0 Å². The van der Waals surface area contributed by atoms with E-state index < -0.39 is 0 Å². The highest BCUT2D eigenvalue weighted by Crippen LogP contribution is 2.24. The molecule has 2 aromatic carbocycles. The van der Waals surface area contributed by atoms with Crippen molar-refractivity contribution in [1.29, 1.82) is 0 Å². The average Bonchev–Trinajstić information content (AvgIpc) is 2.75. The van der Waals surface area contributed by atoms with Crippen LogP contribution in [-0.4, -0.2) is 15.7 Å². The van der Waals surface area contributed by atoms with E-state index >= 15 is 0 Å². The standard InChI is InChI=1S/C23H25N3O3/c1-15(17-11-10-16-6-2-3-7-18(16)14-17)24-21(27)12-13-26-23(29)20-9-5-4-8-19(20)22(28)25-26/h4-5,8-11,14-15H,2-3,6-7,12-13H2,1H3,(H,24,27)(H,25,28)/t15-/m1/s1. The van der Waals surface area contributed by atoms with Gasteiger partial charge in [-0.2, -0.15) is 0 Å². The van der Waals surface area contributed by atoms with E-state index in [9.17, 15) is 14.4 Å². The van der Waals surface area contributed by atoms with Gasteiger partial charge in [-0.1, -0.05) is 30.3 Å². The molecule has 3 aromatic rings. The van der Waals surface area contributed by atoms with Gasteiger partial charge in [-0.15, -0.1) is 0 Å². The lowest BCUT2D eigenvalue weighted by atomic mass is 9.89. The molecule has 29 heavy (non-hydrogen) atoms. The van der Waals surface area contributed by atoms with E-state index in [-0.39, 0.29) is 36.0 Å². The summed E-state index contributed by atoms with van der Waals surface area (Å²) in [5, 5.41) is 6.28. The maximum absolute atomic E-state index is 12.5. The first-order chi connectivity index (χ1) is 14.0. The Morgan fingerprint density at radius 3 is 2.59 bits per heavy atom. The van der Waals surface area contributed by atoms with Gasteiger partial charge in [-0.25, -0.2) is 4.68 Å². The van der Waals surface area contributed by atoms with Crippen molar-refractivity contribution in [3.8, 4) is 0 Å². The van der Waals surface area contributed by atoms with E-state index in [0.717, 1.165) is 18.4 Å². The van der Waals surface area contributed by atoms with Crippen molar-refractivity contribution in [3.63, 3.8) is 0 Å². The first kappa shape index (κ1) is 19.2. The molecule has 1 atom stereocenters. The number of amides is 1. The van der Waals surface area contributed by atoms with Gasteiger partial charge < -0.3 is 5.32 Å². The van der Waals surface area contributed by atoms with Crippen LogP contribution in [0.1, 0.15) is 48.9 Å². The molecule has 1 aliphatic rings. The molecule has 1 aliphatic carbocycles. The second-order valence-electron chi connectivity index (χ2n) is 7.72. The molecule has 0 saturated heterocycles. The molecule has 1 aromatic heterocycles. The molecule has 2 N–H and O–H groups in total. The van der Waals surface area contributed by atoms with Gasteiger partial charge in [0.25, 0.3) is 11.1 Å². The number of nitrogens with one attached hydrogen (secondary N) is 2. The Labute approximate surface area is 168 Å². The van der Waals surface area contributed by atoms with E-state index in [1.165, 1.54) is 28.7 Å². The molecule has 0 aliphatic heterocycles. The number of carbonyl (C=O) groups excluding carboxylic acids is 1. The monoisotopic (exact) mass is 391 g/mol. The summed E-state index contributed by atoms with van der Waals surface area (Å²) in [7, 11) is 0. The van der Waals surface area contributed by atoms with Gasteiger partial charge in [0.2, 0.25) is 5.91 Å². The molecule has 0 unspecified atom stereocenters. The Morgan fingerprint density at radius 1 is 1.07 bits per heavy atom. The van der Waals surface area contributed by atoms with Crippen molar-refractivity contribution in [2.24, 2.45) is 0 Å². The normalized spacial score (nSPS) is 14.4. The first-order valence-corrected chi connectivity index (χ1v) is 10.2. The van der Waals surface area contributed by atoms with Gasteiger partial charge in [0.1, 0.15) is 0 Å². The molecule has 0 spiro atoms. The summed E-state index contributed by atoms with van der Waals surface area (Å²) in [6.07, 6.45) is 4.81. The lowest BCUT2D eigenvalue weighted by Gasteiger charge is -2.20. The molecule has 6 heteroatoms. The molecule has 150 valence electrons. The van der Waals surface area contributed by atoms with Gasteiger partial charge >= 0.3 is 0 Å². The van der Waals surface area contributed by atoms with Gasteiger partial charge in [0.05, 0.1) is 23.4 Å². The van der Waals surface area contributed by atoms with Crippen LogP contribution in [0.15, 0.2) is 52.1 Å². The summed E-state index contributed by atoms with van der Waals surface area (Å²) in [5.74, 6) is -0.156. The number of H-pyrrole nitrogens is 1. The molecule has 0 saturated carbocycles. The van der Waals surface area contributed by atoms with Crippen LogP contribution in [-0.2, 0) is 24.2 Å². The van der Waals surface area contributed by atoms with E-state index in [1.54, 1.807) is 24.3 Å². The number of rotatable bonds is 5. The zero-order chi connectivity index (χ0) is 20.4. The minimum atomic E-state index is -0.331. The third kappa shape index (κ3) is 4.01. The third-order valence-electron chi connectivity index (χ3n) is 5.70. The summed E-state index contributed by atoms with van der Waals surface area (Å²) >= 11 is 0. The fourth-order valence-electron chi connectivity index (χ4n) is 4.04. The van der Waals surface area contributed by atoms with Crippen LogP contribution in [0, 0.1) is 0 Å². The maximum Gasteiger partial charge on any atom is 0.273 e. The smallest absolute Gasteiger partial charge is 0.273 e. The van der Waals surface area contributed by atoms with Crippen molar-refractivity contribution >= 4 is 16.7 Å². The zero-order valence-electron chi connectivity index (χ0n) is 16.5. The van der Waals surface area contributed by atoms with E-state index in [2.05, 4.69) is 28.6 Å². The number of carbonyl (C=O) groups is 1. The zero-order valence-corrected chi connectivity index (χ0v) is 16.5. The molecule has 1 amide bonds. The molecule has 6 nitrogen and oxygen atoms in total. The minimum absolute atomic E-state index is 0.109. The lowest BCUT2D eigenvalue weighted by Crippen LogP contribution is -2.33. The Bertz CT molecular complexity index is 1180. The number of benzene rings is 2. The third-order valence-corrected chi connectivity index (χ3v) is 5.70. The summed E-state index contributed by atoms with van der Waals surface area (Å²) in [4.78, 5) is 37.1. The average molecular weight is 391 g/mol. The predicted molar refractivity (Wildman–Crippen MR) is 113 cm³/mol. The molecule has 1 heterocycles. The maximum atomic E-state index is 12.5. The summed E-state index contributed by atoms with van der Waals surface area (Å²) in [6.45, 7) is 2.09. The van der Waals surface area contributed by atoms with Crippen molar-refractivity contribution in [2.45, 2.75) is 51.6 Å². The van der Waals surface area contributed by atoms with Gasteiger partial charge in [0.15, 0.2) is 0 Å². The van der Waals surface area contributed by atoms with E-state index in [0.29, 0.717) is 10.8 Å². The van der Waals surface area contributed by atoms with Gasteiger partial charge in [-0.3, -0.25) is 19.5 Å². The number of aromatic amines is 1. The highest BCUT2D eigenvalue weighted by Gasteiger charge is 2.15. The van der Waals surface area contributed by atoms with Crippen LogP contribution in [0.5, 0.6) is 0 Å². The number of nitrogens with zero attached hydrogens (tertiary/aromatic N) is 1. The van der Waals surface area contributed by atoms with Crippen molar-refractivity contribution in [3.05, 3.63) is 79.9 Å². The molecule has 0 radical (unpaired) electrons. The predicted octanol–water partition coefficient (Wildman–Crippen LogP) is 2.84. The topological polar surface area (TPSA) is 84.0 Å². The molecule has 0 bridgehead atoms. The summed E-state index contributed by atoms with van der Waals surface area (Å²) < 4.78 is 1.22. The van der Waals surface area contributed by atoms with Gasteiger partial charge in [-0.05, 0) is 61.4 Å².